The van der Waals surface area contributed by atoms with Crippen LogP contribution in [0.25, 0.3) is 0 Å². The maximum Gasteiger partial charge on any atom is 0.191 e. The number of guanidine groups is 1. The minimum atomic E-state index is -0.215. The Kier molecular flexibility index (Phi) is 10.1. The maximum atomic E-state index is 13.7. The molecule has 0 saturated heterocycles. The molecule has 0 aliphatic heterocycles. The standard InChI is InChI=1S/C19H24FN3O.HI/c1-3-21-19(23-13-17-9-4-5-10-18(17)20)22-12-15-7-6-8-16(11-15)14-24-2;/h4-11H,3,12-14H2,1-2H3,(H2,21,22,23);1H. The molecule has 0 radical (unpaired) electrons. The minimum Gasteiger partial charge on any atom is -0.380 e. The molecule has 0 heterocycles. The van der Waals surface area contributed by atoms with Gasteiger partial charge in [-0.2, -0.15) is 0 Å². The number of benzene rings is 2. The molecule has 0 amide bonds. The zero-order valence-electron chi connectivity index (χ0n) is 14.6. The summed E-state index contributed by atoms with van der Waals surface area (Å²) in [6.07, 6.45) is 0. The van der Waals surface area contributed by atoms with Crippen LogP contribution in [0.1, 0.15) is 23.6 Å². The highest BCUT2D eigenvalue weighted by Gasteiger charge is 2.03. The molecule has 0 aromatic heterocycles. The Hall–Kier alpha value is -1.67. The van der Waals surface area contributed by atoms with Gasteiger partial charge in [-0.05, 0) is 24.1 Å². The van der Waals surface area contributed by atoms with Crippen molar-refractivity contribution in [2.75, 3.05) is 13.7 Å². The lowest BCUT2D eigenvalue weighted by Gasteiger charge is -2.12. The van der Waals surface area contributed by atoms with E-state index in [1.165, 1.54) is 6.07 Å². The topological polar surface area (TPSA) is 45.7 Å². The molecule has 2 N–H and O–H groups in total. The second-order valence-electron chi connectivity index (χ2n) is 5.39. The van der Waals surface area contributed by atoms with Gasteiger partial charge in [-0.25, -0.2) is 9.38 Å². The number of hydrogen-bond donors (Lipinski definition) is 2. The highest BCUT2D eigenvalue weighted by Crippen LogP contribution is 2.08. The number of nitrogens with zero attached hydrogens (tertiary/aromatic N) is 1. The number of hydrogen-bond acceptors (Lipinski definition) is 2. The molecule has 2 rings (SSSR count). The summed E-state index contributed by atoms with van der Waals surface area (Å²) in [6, 6.07) is 14.9. The summed E-state index contributed by atoms with van der Waals surface area (Å²) in [6.45, 7) is 4.27. The molecular formula is C19H25FIN3O. The SMILES string of the molecule is CCNC(=NCc1cccc(COC)c1)NCc1ccccc1F.I. The summed E-state index contributed by atoms with van der Waals surface area (Å²) >= 11 is 0. The van der Waals surface area contributed by atoms with Crippen LogP contribution in [0.4, 0.5) is 4.39 Å². The van der Waals surface area contributed by atoms with Gasteiger partial charge >= 0.3 is 0 Å². The molecule has 0 aliphatic carbocycles. The van der Waals surface area contributed by atoms with Crippen molar-refractivity contribution in [3.63, 3.8) is 0 Å². The van der Waals surface area contributed by atoms with E-state index in [-0.39, 0.29) is 29.8 Å². The molecule has 0 bridgehead atoms. The van der Waals surface area contributed by atoms with E-state index in [1.807, 2.05) is 31.2 Å². The molecule has 25 heavy (non-hydrogen) atoms. The summed E-state index contributed by atoms with van der Waals surface area (Å²) in [5.74, 6) is 0.450. The van der Waals surface area contributed by atoms with Crippen LogP contribution in [-0.4, -0.2) is 19.6 Å². The van der Waals surface area contributed by atoms with Crippen LogP contribution in [0.15, 0.2) is 53.5 Å². The predicted molar refractivity (Wildman–Crippen MR) is 111 cm³/mol. The zero-order chi connectivity index (χ0) is 17.2. The average molecular weight is 457 g/mol. The predicted octanol–water partition coefficient (Wildman–Crippen LogP) is 3.85. The van der Waals surface area contributed by atoms with Crippen molar-refractivity contribution in [1.82, 2.24) is 10.6 Å². The lowest BCUT2D eigenvalue weighted by atomic mass is 10.1. The Labute approximate surface area is 165 Å². The first kappa shape index (κ1) is 21.4. The largest absolute Gasteiger partial charge is 0.380 e. The Morgan fingerprint density at radius 1 is 1.08 bits per heavy atom. The number of ether oxygens (including phenoxy) is 1. The lowest BCUT2D eigenvalue weighted by Crippen LogP contribution is -2.37. The van der Waals surface area contributed by atoms with E-state index in [0.717, 1.165) is 17.7 Å². The van der Waals surface area contributed by atoms with E-state index >= 15 is 0 Å². The summed E-state index contributed by atoms with van der Waals surface area (Å²) < 4.78 is 18.8. The first-order valence-electron chi connectivity index (χ1n) is 8.05. The first-order chi connectivity index (χ1) is 11.7. The second kappa shape index (κ2) is 11.8. The highest BCUT2D eigenvalue weighted by molar-refractivity contribution is 14.0. The van der Waals surface area contributed by atoms with Gasteiger partial charge in [-0.1, -0.05) is 42.5 Å². The van der Waals surface area contributed by atoms with Crippen molar-refractivity contribution in [3.8, 4) is 0 Å². The van der Waals surface area contributed by atoms with Crippen LogP contribution in [0.2, 0.25) is 0 Å². The van der Waals surface area contributed by atoms with Gasteiger partial charge in [0.15, 0.2) is 5.96 Å². The third-order valence-corrected chi connectivity index (χ3v) is 3.47. The van der Waals surface area contributed by atoms with Crippen LogP contribution in [0, 0.1) is 5.82 Å². The summed E-state index contributed by atoms with van der Waals surface area (Å²) in [5, 5.41) is 6.34. The lowest BCUT2D eigenvalue weighted by molar-refractivity contribution is 0.185. The Morgan fingerprint density at radius 3 is 2.56 bits per heavy atom. The van der Waals surface area contributed by atoms with E-state index in [1.54, 1.807) is 19.2 Å². The van der Waals surface area contributed by atoms with Crippen LogP contribution in [0.3, 0.4) is 0 Å². The molecule has 4 nitrogen and oxygen atoms in total. The van der Waals surface area contributed by atoms with Crippen molar-refractivity contribution >= 4 is 29.9 Å². The van der Waals surface area contributed by atoms with Gasteiger partial charge in [0, 0.05) is 25.8 Å². The van der Waals surface area contributed by atoms with Crippen LogP contribution in [-0.2, 0) is 24.4 Å². The Morgan fingerprint density at radius 2 is 1.84 bits per heavy atom. The number of halogens is 2. The van der Waals surface area contributed by atoms with Gasteiger partial charge in [0.2, 0.25) is 0 Å². The van der Waals surface area contributed by atoms with Crippen molar-refractivity contribution in [1.29, 1.82) is 0 Å². The van der Waals surface area contributed by atoms with E-state index < -0.39 is 0 Å². The molecule has 2 aromatic carbocycles. The normalized spacial score (nSPS) is 10.9. The molecule has 0 fully saturated rings. The van der Waals surface area contributed by atoms with Crippen molar-refractivity contribution in [3.05, 3.63) is 71.0 Å². The zero-order valence-corrected chi connectivity index (χ0v) is 16.9. The molecule has 0 saturated carbocycles. The van der Waals surface area contributed by atoms with Crippen molar-refractivity contribution in [2.45, 2.75) is 26.6 Å². The highest BCUT2D eigenvalue weighted by atomic mass is 127. The number of rotatable bonds is 7. The Balaban J connectivity index is 0.00000312. The van der Waals surface area contributed by atoms with Gasteiger partial charge < -0.3 is 15.4 Å². The van der Waals surface area contributed by atoms with Gasteiger partial charge in [-0.3, -0.25) is 0 Å². The third kappa shape index (κ3) is 7.39. The third-order valence-electron chi connectivity index (χ3n) is 3.47. The maximum absolute atomic E-state index is 13.7. The fourth-order valence-electron chi connectivity index (χ4n) is 2.32. The van der Waals surface area contributed by atoms with E-state index in [9.17, 15) is 4.39 Å². The van der Waals surface area contributed by atoms with E-state index in [2.05, 4.69) is 21.7 Å². The van der Waals surface area contributed by atoms with Crippen LogP contribution >= 0.6 is 24.0 Å². The fourth-order valence-corrected chi connectivity index (χ4v) is 2.32. The molecule has 6 heteroatoms. The summed E-state index contributed by atoms with van der Waals surface area (Å²) in [4.78, 5) is 4.56. The Bertz CT molecular complexity index is 679. The smallest absolute Gasteiger partial charge is 0.191 e. The van der Waals surface area contributed by atoms with Crippen LogP contribution in [0.5, 0.6) is 0 Å². The monoisotopic (exact) mass is 457 g/mol. The number of methoxy groups -OCH3 is 1. The molecule has 0 unspecified atom stereocenters. The van der Waals surface area contributed by atoms with E-state index in [4.69, 9.17) is 4.74 Å². The van der Waals surface area contributed by atoms with E-state index in [0.29, 0.717) is 31.2 Å². The van der Waals surface area contributed by atoms with Gasteiger partial charge in [0.05, 0.1) is 13.2 Å². The molecule has 0 spiro atoms. The molecule has 0 atom stereocenters. The second-order valence-corrected chi connectivity index (χ2v) is 5.39. The molecular weight excluding hydrogens is 432 g/mol. The number of nitrogens with one attached hydrogen (secondary N) is 2. The van der Waals surface area contributed by atoms with Gasteiger partial charge in [-0.15, -0.1) is 24.0 Å². The van der Waals surface area contributed by atoms with Gasteiger partial charge in [0.1, 0.15) is 5.82 Å². The van der Waals surface area contributed by atoms with Crippen molar-refractivity contribution < 1.29 is 9.13 Å². The summed E-state index contributed by atoms with van der Waals surface area (Å²) in [7, 11) is 1.68. The number of aliphatic imine (C=N–C) groups is 1. The fraction of sp³-hybridized carbons (Fsp3) is 0.316. The molecule has 2 aromatic rings. The van der Waals surface area contributed by atoms with Gasteiger partial charge in [0.25, 0.3) is 0 Å². The first-order valence-corrected chi connectivity index (χ1v) is 8.05. The van der Waals surface area contributed by atoms with Crippen LogP contribution < -0.4 is 10.6 Å². The average Bonchev–Trinajstić information content (AvgIpc) is 2.59. The summed E-state index contributed by atoms with van der Waals surface area (Å²) in [5.41, 5.74) is 2.84. The molecule has 0 aliphatic rings. The van der Waals surface area contributed by atoms with Crippen molar-refractivity contribution in [2.24, 2.45) is 4.99 Å². The molecule has 136 valence electrons. The quantitative estimate of drug-likeness (QED) is 0.377. The minimum absolute atomic E-state index is 0.